The van der Waals surface area contributed by atoms with Crippen molar-refractivity contribution in [3.63, 3.8) is 0 Å². The second-order valence-electron chi connectivity index (χ2n) is 6.35. The molecule has 0 amide bonds. The molecule has 0 saturated heterocycles. The maximum absolute atomic E-state index is 13.0. The highest BCUT2D eigenvalue weighted by atomic mass is 19.4. The first-order valence-electron chi connectivity index (χ1n) is 6.42. The van der Waals surface area contributed by atoms with Gasteiger partial charge in [-0.15, -0.1) is 0 Å². The number of alkyl halides is 3. The SMILES string of the molecule is CC1(C)C2CCC(C(CC(=O)O)C(F)(F)F)C1C2. The molecule has 3 saturated carbocycles. The van der Waals surface area contributed by atoms with Crippen LogP contribution in [0.1, 0.15) is 39.5 Å². The number of carbonyl (C=O) groups is 1. The Morgan fingerprint density at radius 1 is 1.39 bits per heavy atom. The Morgan fingerprint density at radius 3 is 2.39 bits per heavy atom. The molecule has 3 aliphatic carbocycles. The largest absolute Gasteiger partial charge is 0.481 e. The fourth-order valence-electron chi connectivity index (χ4n) is 4.05. The van der Waals surface area contributed by atoms with Gasteiger partial charge in [0.1, 0.15) is 0 Å². The van der Waals surface area contributed by atoms with Gasteiger partial charge in [-0.1, -0.05) is 13.8 Å². The van der Waals surface area contributed by atoms with Crippen molar-refractivity contribution in [1.29, 1.82) is 0 Å². The van der Waals surface area contributed by atoms with E-state index in [4.69, 9.17) is 5.11 Å². The average molecular weight is 264 g/mol. The van der Waals surface area contributed by atoms with Crippen LogP contribution >= 0.6 is 0 Å². The molecule has 2 nitrogen and oxygen atoms in total. The van der Waals surface area contributed by atoms with Gasteiger partial charge < -0.3 is 5.11 Å². The van der Waals surface area contributed by atoms with Gasteiger partial charge in [-0.05, 0) is 42.4 Å². The van der Waals surface area contributed by atoms with Crippen LogP contribution in [0.4, 0.5) is 13.2 Å². The number of carboxylic acids is 1. The number of aliphatic carboxylic acids is 1. The zero-order valence-electron chi connectivity index (χ0n) is 10.6. The van der Waals surface area contributed by atoms with Gasteiger partial charge in [0.05, 0.1) is 12.3 Å². The van der Waals surface area contributed by atoms with E-state index in [-0.39, 0.29) is 11.3 Å². The average Bonchev–Trinajstić information content (AvgIpc) is 2.24. The molecule has 0 radical (unpaired) electrons. The van der Waals surface area contributed by atoms with Crippen LogP contribution < -0.4 is 0 Å². The Hall–Kier alpha value is -0.740. The molecule has 1 N–H and O–H groups in total. The van der Waals surface area contributed by atoms with E-state index >= 15 is 0 Å². The van der Waals surface area contributed by atoms with Crippen LogP contribution in [0.5, 0.6) is 0 Å². The van der Waals surface area contributed by atoms with Crippen LogP contribution in [-0.2, 0) is 4.79 Å². The third kappa shape index (κ3) is 2.12. The monoisotopic (exact) mass is 264 g/mol. The lowest BCUT2D eigenvalue weighted by molar-refractivity contribution is -0.228. The number of rotatable bonds is 3. The Labute approximate surface area is 105 Å². The predicted octanol–water partition coefficient (Wildman–Crippen LogP) is 3.71. The van der Waals surface area contributed by atoms with Gasteiger partial charge in [-0.3, -0.25) is 4.79 Å². The number of hydrogen-bond donors (Lipinski definition) is 1. The lowest BCUT2D eigenvalue weighted by atomic mass is 9.44. The molecular weight excluding hydrogens is 245 g/mol. The third-order valence-corrected chi connectivity index (χ3v) is 5.24. The fourth-order valence-corrected chi connectivity index (χ4v) is 4.05. The summed E-state index contributed by atoms with van der Waals surface area (Å²) in [7, 11) is 0. The van der Waals surface area contributed by atoms with Crippen molar-refractivity contribution in [3.05, 3.63) is 0 Å². The number of hydrogen-bond acceptors (Lipinski definition) is 1. The fraction of sp³-hybridized carbons (Fsp3) is 0.923. The quantitative estimate of drug-likeness (QED) is 0.843. The zero-order chi connectivity index (χ0) is 13.7. The Balaban J connectivity index is 2.18. The highest BCUT2D eigenvalue weighted by molar-refractivity contribution is 5.67. The zero-order valence-corrected chi connectivity index (χ0v) is 10.6. The van der Waals surface area contributed by atoms with Crippen molar-refractivity contribution < 1.29 is 23.1 Å². The minimum atomic E-state index is -4.40. The maximum atomic E-state index is 13.0. The predicted molar refractivity (Wildman–Crippen MR) is 59.9 cm³/mol. The van der Waals surface area contributed by atoms with E-state index in [9.17, 15) is 18.0 Å². The molecule has 104 valence electrons. The van der Waals surface area contributed by atoms with Gasteiger partial charge in [0, 0.05) is 0 Å². The Morgan fingerprint density at radius 2 is 2.00 bits per heavy atom. The summed E-state index contributed by atoms with van der Waals surface area (Å²) >= 11 is 0. The van der Waals surface area contributed by atoms with Crippen molar-refractivity contribution in [2.24, 2.45) is 29.1 Å². The summed E-state index contributed by atoms with van der Waals surface area (Å²) in [4.78, 5) is 10.7. The first-order valence-corrected chi connectivity index (χ1v) is 6.42. The molecule has 0 aliphatic heterocycles. The van der Waals surface area contributed by atoms with Gasteiger partial charge >= 0.3 is 12.1 Å². The normalized spacial score (nSPS) is 35.7. The van der Waals surface area contributed by atoms with E-state index in [0.29, 0.717) is 12.3 Å². The highest BCUT2D eigenvalue weighted by Gasteiger charge is 2.59. The molecular formula is C13H19F3O2. The summed E-state index contributed by atoms with van der Waals surface area (Å²) < 4.78 is 39.1. The summed E-state index contributed by atoms with van der Waals surface area (Å²) in [6, 6.07) is 0. The van der Waals surface area contributed by atoms with Crippen molar-refractivity contribution >= 4 is 5.97 Å². The van der Waals surface area contributed by atoms with Crippen molar-refractivity contribution in [3.8, 4) is 0 Å². The van der Waals surface area contributed by atoms with E-state index in [1.807, 2.05) is 13.8 Å². The molecule has 0 aromatic heterocycles. The molecule has 3 rings (SSSR count). The van der Waals surface area contributed by atoms with E-state index in [2.05, 4.69) is 0 Å². The molecule has 2 bridgehead atoms. The smallest absolute Gasteiger partial charge is 0.392 e. The Kier molecular flexibility index (Phi) is 3.14. The van der Waals surface area contributed by atoms with Gasteiger partial charge in [-0.2, -0.15) is 13.2 Å². The van der Waals surface area contributed by atoms with E-state index < -0.39 is 30.4 Å². The second kappa shape index (κ2) is 4.14. The number of carboxylic acid groups (broad SMARTS) is 1. The van der Waals surface area contributed by atoms with Gasteiger partial charge in [0.25, 0.3) is 0 Å². The molecule has 4 atom stereocenters. The number of fused-ring (bicyclic) bond motifs is 2. The van der Waals surface area contributed by atoms with Crippen LogP contribution in [-0.4, -0.2) is 17.3 Å². The van der Waals surface area contributed by atoms with Crippen molar-refractivity contribution in [2.45, 2.75) is 45.7 Å². The van der Waals surface area contributed by atoms with Crippen LogP contribution in [0.3, 0.4) is 0 Å². The minimum Gasteiger partial charge on any atom is -0.481 e. The molecule has 4 unspecified atom stereocenters. The number of halogens is 3. The molecule has 3 aliphatic rings. The summed E-state index contributed by atoms with van der Waals surface area (Å²) in [5.74, 6) is -2.99. The summed E-state index contributed by atoms with van der Waals surface area (Å²) in [5, 5.41) is 8.71. The van der Waals surface area contributed by atoms with Gasteiger partial charge in [0.15, 0.2) is 0 Å². The summed E-state index contributed by atoms with van der Waals surface area (Å²) in [6.45, 7) is 4.04. The second-order valence-corrected chi connectivity index (χ2v) is 6.35. The van der Waals surface area contributed by atoms with Crippen LogP contribution in [0.2, 0.25) is 0 Å². The lowest BCUT2D eigenvalue weighted by Crippen LogP contribution is -2.55. The van der Waals surface area contributed by atoms with E-state index in [0.717, 1.165) is 12.8 Å². The first-order chi connectivity index (χ1) is 8.14. The molecule has 18 heavy (non-hydrogen) atoms. The maximum Gasteiger partial charge on any atom is 0.392 e. The highest BCUT2D eigenvalue weighted by Crippen LogP contribution is 2.64. The molecule has 0 heterocycles. The van der Waals surface area contributed by atoms with Crippen molar-refractivity contribution in [1.82, 2.24) is 0 Å². The standard InChI is InChI=1S/C13H19F3O2/c1-12(2)7-3-4-8(9(12)5-7)10(6-11(17)18)13(14,15)16/h7-10H,3-6H2,1-2H3,(H,17,18). The van der Waals surface area contributed by atoms with Crippen LogP contribution in [0.15, 0.2) is 0 Å². The summed E-state index contributed by atoms with van der Waals surface area (Å²) in [5.41, 5.74) is -0.0507. The summed E-state index contributed by atoms with van der Waals surface area (Å²) in [6.07, 6.45) is -3.02. The van der Waals surface area contributed by atoms with E-state index in [1.165, 1.54) is 0 Å². The Bertz CT molecular complexity index is 347. The lowest BCUT2D eigenvalue weighted by Gasteiger charge is -2.61. The van der Waals surface area contributed by atoms with Crippen molar-refractivity contribution in [2.75, 3.05) is 0 Å². The van der Waals surface area contributed by atoms with Gasteiger partial charge in [-0.25, -0.2) is 0 Å². The molecule has 0 aromatic carbocycles. The third-order valence-electron chi connectivity index (χ3n) is 5.24. The first kappa shape index (κ1) is 13.7. The van der Waals surface area contributed by atoms with Gasteiger partial charge in [0.2, 0.25) is 0 Å². The topological polar surface area (TPSA) is 37.3 Å². The molecule has 0 spiro atoms. The molecule has 0 aromatic rings. The van der Waals surface area contributed by atoms with Crippen LogP contribution in [0, 0.1) is 29.1 Å². The minimum absolute atomic E-state index is 0.0298. The molecule has 3 fully saturated rings. The van der Waals surface area contributed by atoms with Crippen LogP contribution in [0.25, 0.3) is 0 Å². The molecule has 5 heteroatoms. The van der Waals surface area contributed by atoms with E-state index in [1.54, 1.807) is 0 Å².